The Hall–Kier alpha value is -0.480. The van der Waals surface area contributed by atoms with E-state index in [4.69, 9.17) is 6.42 Å². The van der Waals surface area contributed by atoms with Crippen molar-refractivity contribution in [1.82, 2.24) is 5.32 Å². The summed E-state index contributed by atoms with van der Waals surface area (Å²) in [4.78, 5) is 0. The second kappa shape index (κ2) is 8.08. The Morgan fingerprint density at radius 2 is 1.90 bits per heavy atom. The minimum absolute atomic E-state index is 0.459. The molecule has 0 radical (unpaired) electrons. The molecule has 20 heavy (non-hydrogen) atoms. The predicted molar refractivity (Wildman–Crippen MR) is 89.6 cm³/mol. The van der Waals surface area contributed by atoms with Gasteiger partial charge in [-0.15, -0.1) is 12.3 Å². The van der Waals surface area contributed by atoms with Crippen LogP contribution in [0.2, 0.25) is 0 Å². The number of rotatable bonds is 6. The first-order chi connectivity index (χ1) is 9.34. The fraction of sp³-hybridized carbons (Fsp3) is 0.895. The largest absolute Gasteiger partial charge is 0.314 e. The van der Waals surface area contributed by atoms with Gasteiger partial charge in [-0.05, 0) is 61.8 Å². The first-order valence-electron chi connectivity index (χ1n) is 8.51. The van der Waals surface area contributed by atoms with E-state index in [2.05, 4.69) is 45.9 Å². The maximum atomic E-state index is 5.41. The van der Waals surface area contributed by atoms with E-state index in [1.54, 1.807) is 0 Å². The average molecular weight is 277 g/mol. The zero-order chi connectivity index (χ0) is 15.2. The molecule has 3 unspecified atom stereocenters. The molecule has 1 aliphatic rings. The molecule has 0 aromatic heterocycles. The summed E-state index contributed by atoms with van der Waals surface area (Å²) in [5.74, 6) is 5.40. The lowest BCUT2D eigenvalue weighted by Crippen LogP contribution is -2.38. The zero-order valence-electron chi connectivity index (χ0n) is 14.3. The Labute approximate surface area is 127 Å². The molecule has 3 atom stereocenters. The number of terminal acetylenes is 1. The third kappa shape index (κ3) is 5.88. The van der Waals surface area contributed by atoms with E-state index in [9.17, 15) is 0 Å². The molecule has 0 aromatic carbocycles. The van der Waals surface area contributed by atoms with Crippen molar-refractivity contribution in [2.75, 3.05) is 6.54 Å². The van der Waals surface area contributed by atoms with Gasteiger partial charge in [-0.3, -0.25) is 0 Å². The Morgan fingerprint density at radius 3 is 2.45 bits per heavy atom. The molecule has 1 N–H and O–H groups in total. The Balaban J connectivity index is 2.57. The third-order valence-corrected chi connectivity index (χ3v) is 5.05. The van der Waals surface area contributed by atoms with Crippen LogP contribution in [0.3, 0.4) is 0 Å². The Bertz CT molecular complexity index is 305. The van der Waals surface area contributed by atoms with Crippen molar-refractivity contribution in [3.05, 3.63) is 0 Å². The highest BCUT2D eigenvalue weighted by Gasteiger charge is 2.35. The molecule has 1 aliphatic carbocycles. The molecule has 1 saturated carbocycles. The monoisotopic (exact) mass is 277 g/mol. The molecule has 0 spiro atoms. The molecule has 0 heterocycles. The van der Waals surface area contributed by atoms with Gasteiger partial charge in [0.2, 0.25) is 0 Å². The van der Waals surface area contributed by atoms with Gasteiger partial charge >= 0.3 is 0 Å². The van der Waals surface area contributed by atoms with Gasteiger partial charge in [0.05, 0.1) is 0 Å². The molecular weight excluding hydrogens is 242 g/mol. The highest BCUT2D eigenvalue weighted by atomic mass is 14.9. The fourth-order valence-electron chi connectivity index (χ4n) is 3.59. The lowest BCUT2D eigenvalue weighted by Gasteiger charge is -2.42. The molecule has 0 aromatic rings. The molecule has 116 valence electrons. The van der Waals surface area contributed by atoms with Gasteiger partial charge in [0.25, 0.3) is 0 Å². The summed E-state index contributed by atoms with van der Waals surface area (Å²) in [7, 11) is 0. The van der Waals surface area contributed by atoms with Gasteiger partial charge in [0, 0.05) is 12.5 Å². The van der Waals surface area contributed by atoms with Crippen LogP contribution in [0.4, 0.5) is 0 Å². The van der Waals surface area contributed by atoms with Crippen molar-refractivity contribution in [2.45, 2.75) is 79.2 Å². The number of nitrogens with one attached hydrogen (secondary N) is 1. The summed E-state index contributed by atoms with van der Waals surface area (Å²) in [6.07, 6.45) is 13.1. The first-order valence-corrected chi connectivity index (χ1v) is 8.51. The summed E-state index contributed by atoms with van der Waals surface area (Å²) >= 11 is 0. The summed E-state index contributed by atoms with van der Waals surface area (Å²) < 4.78 is 0. The van der Waals surface area contributed by atoms with Gasteiger partial charge in [-0.25, -0.2) is 0 Å². The van der Waals surface area contributed by atoms with Crippen molar-refractivity contribution in [3.63, 3.8) is 0 Å². The van der Waals surface area contributed by atoms with Crippen LogP contribution in [0.25, 0.3) is 0 Å². The molecule has 1 rings (SSSR count). The normalized spacial score (nSPS) is 27.6. The van der Waals surface area contributed by atoms with Crippen LogP contribution in [-0.4, -0.2) is 12.6 Å². The lowest BCUT2D eigenvalue weighted by molar-refractivity contribution is 0.0907. The van der Waals surface area contributed by atoms with E-state index in [0.717, 1.165) is 24.2 Å². The Morgan fingerprint density at radius 1 is 1.20 bits per heavy atom. The molecule has 0 aliphatic heterocycles. The van der Waals surface area contributed by atoms with E-state index in [1.807, 2.05) is 0 Å². The standard InChI is InChI=1S/C19H35N/c1-7-8-9-10-16-13-18(19(4,5)6)12-11-17(16)14-20-15(2)3/h1,15-18,20H,8-14H2,2-6H3. The van der Waals surface area contributed by atoms with Gasteiger partial charge in [-0.2, -0.15) is 0 Å². The molecule has 0 bridgehead atoms. The minimum Gasteiger partial charge on any atom is -0.314 e. The van der Waals surface area contributed by atoms with E-state index in [1.165, 1.54) is 38.6 Å². The van der Waals surface area contributed by atoms with Gasteiger partial charge in [0.1, 0.15) is 0 Å². The number of hydrogen-bond acceptors (Lipinski definition) is 1. The molecule has 1 fully saturated rings. The summed E-state index contributed by atoms with van der Waals surface area (Å²) in [5.41, 5.74) is 0.459. The van der Waals surface area contributed by atoms with E-state index >= 15 is 0 Å². The number of unbranched alkanes of at least 4 members (excludes halogenated alkanes) is 1. The zero-order valence-corrected chi connectivity index (χ0v) is 14.3. The number of hydrogen-bond donors (Lipinski definition) is 1. The molecule has 0 amide bonds. The highest BCUT2D eigenvalue weighted by molar-refractivity contribution is 4.88. The van der Waals surface area contributed by atoms with Crippen molar-refractivity contribution < 1.29 is 0 Å². The molecular formula is C19H35N. The minimum atomic E-state index is 0.459. The average Bonchev–Trinajstić information content (AvgIpc) is 2.36. The van der Waals surface area contributed by atoms with Crippen molar-refractivity contribution >= 4 is 0 Å². The SMILES string of the molecule is C#CCCCC1CC(C(C)(C)C)CCC1CNC(C)C. The maximum absolute atomic E-state index is 5.41. The lowest BCUT2D eigenvalue weighted by atomic mass is 9.64. The van der Waals surface area contributed by atoms with Gasteiger partial charge in [0.15, 0.2) is 0 Å². The predicted octanol–water partition coefficient (Wildman–Crippen LogP) is 4.87. The highest BCUT2D eigenvalue weighted by Crippen LogP contribution is 2.44. The second-order valence-electron chi connectivity index (χ2n) is 8.06. The van der Waals surface area contributed by atoms with Crippen LogP contribution >= 0.6 is 0 Å². The van der Waals surface area contributed by atoms with Gasteiger partial charge < -0.3 is 5.32 Å². The maximum Gasteiger partial charge on any atom is 0.00861 e. The van der Waals surface area contributed by atoms with Crippen LogP contribution < -0.4 is 5.32 Å². The van der Waals surface area contributed by atoms with Crippen molar-refractivity contribution in [3.8, 4) is 12.3 Å². The van der Waals surface area contributed by atoms with Gasteiger partial charge in [-0.1, -0.05) is 34.6 Å². The smallest absolute Gasteiger partial charge is 0.00861 e. The Kier molecular flexibility index (Phi) is 7.10. The van der Waals surface area contributed by atoms with E-state index in [0.29, 0.717) is 11.5 Å². The summed E-state index contributed by atoms with van der Waals surface area (Å²) in [5, 5.41) is 3.65. The molecule has 1 nitrogen and oxygen atoms in total. The van der Waals surface area contributed by atoms with Crippen LogP contribution in [0, 0.1) is 35.5 Å². The quantitative estimate of drug-likeness (QED) is 0.539. The van der Waals surface area contributed by atoms with Crippen LogP contribution in [0.5, 0.6) is 0 Å². The van der Waals surface area contributed by atoms with Crippen LogP contribution in [0.1, 0.15) is 73.1 Å². The first kappa shape index (κ1) is 17.6. The fourth-order valence-corrected chi connectivity index (χ4v) is 3.59. The molecule has 1 heteroatoms. The molecule has 0 saturated heterocycles. The van der Waals surface area contributed by atoms with E-state index in [-0.39, 0.29) is 0 Å². The van der Waals surface area contributed by atoms with E-state index < -0.39 is 0 Å². The third-order valence-electron chi connectivity index (χ3n) is 5.05. The topological polar surface area (TPSA) is 12.0 Å². The summed E-state index contributed by atoms with van der Waals surface area (Å²) in [6, 6.07) is 0.599. The van der Waals surface area contributed by atoms with Crippen molar-refractivity contribution in [1.29, 1.82) is 0 Å². The van der Waals surface area contributed by atoms with Crippen LogP contribution in [0.15, 0.2) is 0 Å². The summed E-state index contributed by atoms with van der Waals surface area (Å²) in [6.45, 7) is 12.9. The van der Waals surface area contributed by atoms with Crippen molar-refractivity contribution in [2.24, 2.45) is 23.2 Å². The van der Waals surface area contributed by atoms with Crippen LogP contribution in [-0.2, 0) is 0 Å². The second-order valence-corrected chi connectivity index (χ2v) is 8.06.